The second kappa shape index (κ2) is 5.46. The maximum atomic E-state index is 12.1. The summed E-state index contributed by atoms with van der Waals surface area (Å²) in [5, 5.41) is 0. The summed E-state index contributed by atoms with van der Waals surface area (Å²) in [4.78, 5) is 24.2. The first kappa shape index (κ1) is 13.2. The zero-order valence-corrected chi connectivity index (χ0v) is 10.5. The Kier molecular flexibility index (Phi) is 4.51. The third-order valence-electron chi connectivity index (χ3n) is 3.82. The Morgan fingerprint density at radius 3 is 2.62 bits per heavy atom. The van der Waals surface area contributed by atoms with Gasteiger partial charge < -0.3 is 4.74 Å². The molecule has 1 saturated carbocycles. The summed E-state index contributed by atoms with van der Waals surface area (Å²) in [5.41, 5.74) is -0.844. The van der Waals surface area contributed by atoms with Crippen molar-refractivity contribution in [2.75, 3.05) is 6.61 Å². The fourth-order valence-electron chi connectivity index (χ4n) is 2.60. The molecule has 0 aromatic rings. The largest absolute Gasteiger partial charge is 0.465 e. The van der Waals surface area contributed by atoms with Crippen LogP contribution in [0.25, 0.3) is 0 Å². The van der Waals surface area contributed by atoms with Gasteiger partial charge in [0.25, 0.3) is 0 Å². The van der Waals surface area contributed by atoms with Crippen molar-refractivity contribution < 1.29 is 14.3 Å². The smallest absolute Gasteiger partial charge is 0.319 e. The van der Waals surface area contributed by atoms with E-state index in [2.05, 4.69) is 0 Å². The Balaban J connectivity index is 2.99. The molecule has 16 heavy (non-hydrogen) atoms. The summed E-state index contributed by atoms with van der Waals surface area (Å²) in [6, 6.07) is 0. The van der Waals surface area contributed by atoms with E-state index in [4.69, 9.17) is 4.74 Å². The lowest BCUT2D eigenvalue weighted by Gasteiger charge is -2.37. The molecule has 92 valence electrons. The first-order chi connectivity index (χ1) is 7.59. The predicted octanol–water partition coefficient (Wildman–Crippen LogP) is 2.73. The van der Waals surface area contributed by atoms with Crippen LogP contribution in [0.2, 0.25) is 0 Å². The topological polar surface area (TPSA) is 43.4 Å². The van der Waals surface area contributed by atoms with E-state index in [1.54, 1.807) is 6.92 Å². The van der Waals surface area contributed by atoms with Crippen LogP contribution in [0.5, 0.6) is 0 Å². The molecule has 0 aromatic heterocycles. The van der Waals surface area contributed by atoms with E-state index in [0.29, 0.717) is 19.4 Å². The molecule has 0 heterocycles. The van der Waals surface area contributed by atoms with Crippen molar-refractivity contribution >= 4 is 11.8 Å². The fraction of sp³-hybridized carbons (Fsp3) is 0.846. The van der Waals surface area contributed by atoms with Crippen LogP contribution in [0.1, 0.15) is 52.9 Å². The van der Waals surface area contributed by atoms with Gasteiger partial charge in [-0.25, -0.2) is 0 Å². The number of carbonyl (C=O) groups is 2. The standard InChI is InChI=1S/C13H22O3/c1-4-10(3)13(12(15)16-5-2)9-7-6-8-11(13)14/h10H,4-9H2,1-3H3. The number of carbonyl (C=O) groups excluding carboxylic acids is 2. The van der Waals surface area contributed by atoms with Gasteiger partial charge >= 0.3 is 5.97 Å². The van der Waals surface area contributed by atoms with E-state index in [0.717, 1.165) is 19.3 Å². The Hall–Kier alpha value is -0.860. The zero-order valence-electron chi connectivity index (χ0n) is 10.5. The van der Waals surface area contributed by atoms with Crippen molar-refractivity contribution in [3.63, 3.8) is 0 Å². The maximum absolute atomic E-state index is 12.1. The normalized spacial score (nSPS) is 27.6. The van der Waals surface area contributed by atoms with Crippen LogP contribution in [0.15, 0.2) is 0 Å². The monoisotopic (exact) mass is 226 g/mol. The molecular formula is C13H22O3. The quantitative estimate of drug-likeness (QED) is 0.547. The van der Waals surface area contributed by atoms with Crippen molar-refractivity contribution in [2.24, 2.45) is 11.3 Å². The van der Waals surface area contributed by atoms with Gasteiger partial charge in [-0.15, -0.1) is 0 Å². The molecule has 1 rings (SSSR count). The molecule has 0 bridgehead atoms. The zero-order chi connectivity index (χ0) is 12.2. The van der Waals surface area contributed by atoms with Crippen LogP contribution in [0, 0.1) is 11.3 Å². The molecule has 0 spiro atoms. The number of ketones is 1. The molecule has 0 aliphatic heterocycles. The molecule has 1 aliphatic rings. The maximum Gasteiger partial charge on any atom is 0.319 e. The number of ether oxygens (including phenoxy) is 1. The lowest BCUT2D eigenvalue weighted by Crippen LogP contribution is -2.47. The molecule has 0 aromatic carbocycles. The van der Waals surface area contributed by atoms with Gasteiger partial charge in [0, 0.05) is 6.42 Å². The minimum Gasteiger partial charge on any atom is -0.465 e. The van der Waals surface area contributed by atoms with Crippen LogP contribution in [-0.2, 0) is 14.3 Å². The fourth-order valence-corrected chi connectivity index (χ4v) is 2.60. The summed E-state index contributed by atoms with van der Waals surface area (Å²) in [6.45, 7) is 6.15. The van der Waals surface area contributed by atoms with Crippen molar-refractivity contribution in [2.45, 2.75) is 52.9 Å². The average molecular weight is 226 g/mol. The summed E-state index contributed by atoms with van der Waals surface area (Å²) in [7, 11) is 0. The van der Waals surface area contributed by atoms with Crippen molar-refractivity contribution in [3.8, 4) is 0 Å². The van der Waals surface area contributed by atoms with Gasteiger partial charge in [-0.3, -0.25) is 9.59 Å². The highest BCUT2D eigenvalue weighted by Gasteiger charge is 2.51. The second-order valence-corrected chi connectivity index (χ2v) is 4.63. The van der Waals surface area contributed by atoms with E-state index < -0.39 is 5.41 Å². The van der Waals surface area contributed by atoms with E-state index in [1.807, 2.05) is 13.8 Å². The lowest BCUT2D eigenvalue weighted by atomic mass is 9.64. The van der Waals surface area contributed by atoms with Gasteiger partial charge in [0.1, 0.15) is 11.2 Å². The van der Waals surface area contributed by atoms with Crippen LogP contribution in [0.3, 0.4) is 0 Å². The molecule has 1 fully saturated rings. The summed E-state index contributed by atoms with van der Waals surface area (Å²) < 4.78 is 5.12. The van der Waals surface area contributed by atoms with E-state index in [9.17, 15) is 9.59 Å². The van der Waals surface area contributed by atoms with Gasteiger partial charge in [0.05, 0.1) is 6.61 Å². The Bertz CT molecular complexity index is 272. The van der Waals surface area contributed by atoms with E-state index in [-0.39, 0.29) is 17.7 Å². The summed E-state index contributed by atoms with van der Waals surface area (Å²) in [5.74, 6) is -0.125. The molecule has 0 amide bonds. The number of hydrogen-bond donors (Lipinski definition) is 0. The number of hydrogen-bond acceptors (Lipinski definition) is 3. The number of esters is 1. The molecule has 3 heteroatoms. The van der Waals surface area contributed by atoms with Gasteiger partial charge in [0.15, 0.2) is 0 Å². The lowest BCUT2D eigenvalue weighted by molar-refractivity contribution is -0.166. The Morgan fingerprint density at radius 2 is 2.12 bits per heavy atom. The molecular weight excluding hydrogens is 204 g/mol. The molecule has 2 atom stereocenters. The van der Waals surface area contributed by atoms with Crippen molar-refractivity contribution in [1.29, 1.82) is 0 Å². The highest BCUT2D eigenvalue weighted by Crippen LogP contribution is 2.42. The highest BCUT2D eigenvalue weighted by atomic mass is 16.5. The van der Waals surface area contributed by atoms with E-state index >= 15 is 0 Å². The SMILES string of the molecule is CCOC(=O)C1(C(C)CC)CCCCC1=O. The Morgan fingerprint density at radius 1 is 1.44 bits per heavy atom. The predicted molar refractivity (Wildman–Crippen MR) is 62.0 cm³/mol. The van der Waals surface area contributed by atoms with E-state index in [1.165, 1.54) is 0 Å². The first-order valence-corrected chi connectivity index (χ1v) is 6.30. The molecule has 1 aliphatic carbocycles. The minimum atomic E-state index is -0.844. The van der Waals surface area contributed by atoms with Crippen molar-refractivity contribution in [1.82, 2.24) is 0 Å². The third kappa shape index (κ3) is 2.13. The molecule has 0 N–H and O–H groups in total. The van der Waals surface area contributed by atoms with Crippen LogP contribution in [0.4, 0.5) is 0 Å². The average Bonchev–Trinajstić information content (AvgIpc) is 2.29. The van der Waals surface area contributed by atoms with Gasteiger partial charge in [-0.05, 0) is 25.7 Å². The van der Waals surface area contributed by atoms with Crippen LogP contribution < -0.4 is 0 Å². The van der Waals surface area contributed by atoms with Crippen LogP contribution >= 0.6 is 0 Å². The summed E-state index contributed by atoms with van der Waals surface area (Å²) in [6.07, 6.45) is 3.90. The number of rotatable bonds is 4. The molecule has 0 radical (unpaired) electrons. The van der Waals surface area contributed by atoms with Crippen molar-refractivity contribution in [3.05, 3.63) is 0 Å². The summed E-state index contributed by atoms with van der Waals surface area (Å²) >= 11 is 0. The minimum absolute atomic E-state index is 0.0827. The molecule has 2 unspecified atom stereocenters. The first-order valence-electron chi connectivity index (χ1n) is 6.30. The molecule has 0 saturated heterocycles. The van der Waals surface area contributed by atoms with Gasteiger partial charge in [-0.1, -0.05) is 26.7 Å². The van der Waals surface area contributed by atoms with Gasteiger partial charge in [-0.2, -0.15) is 0 Å². The highest BCUT2D eigenvalue weighted by molar-refractivity contribution is 6.04. The molecule has 3 nitrogen and oxygen atoms in total. The number of Topliss-reactive ketones (excluding diaryl/α,β-unsaturated/α-hetero) is 1. The second-order valence-electron chi connectivity index (χ2n) is 4.63. The Labute approximate surface area is 97.5 Å². The third-order valence-corrected chi connectivity index (χ3v) is 3.82. The van der Waals surface area contributed by atoms with Gasteiger partial charge in [0.2, 0.25) is 0 Å². The van der Waals surface area contributed by atoms with Crippen LogP contribution in [-0.4, -0.2) is 18.4 Å².